The minimum Gasteiger partial charge on any atom is -0.446 e. The van der Waals surface area contributed by atoms with Gasteiger partial charge in [-0.3, -0.25) is 4.79 Å². The maximum Gasteiger partial charge on any atom is 0.407 e. The highest BCUT2D eigenvalue weighted by molar-refractivity contribution is 5.77. The fourth-order valence-electron chi connectivity index (χ4n) is 7.81. The van der Waals surface area contributed by atoms with E-state index in [9.17, 15) is 19.8 Å². The molecule has 0 aromatic heterocycles. The van der Waals surface area contributed by atoms with Gasteiger partial charge in [-0.05, 0) is 109 Å². The second kappa shape index (κ2) is 41.4. The van der Waals surface area contributed by atoms with Gasteiger partial charge in [-0.25, -0.2) is 4.79 Å². The number of hydrogen-bond donors (Lipinski definition) is 3. The van der Waals surface area contributed by atoms with Crippen LogP contribution >= 0.6 is 0 Å². The number of unbranched alkanes of at least 4 members (excludes halogenated alkanes) is 22. The van der Waals surface area contributed by atoms with E-state index < -0.39 is 6.10 Å². The summed E-state index contributed by atoms with van der Waals surface area (Å²) in [6, 6.07) is -0.271. The molecule has 0 bridgehead atoms. The van der Waals surface area contributed by atoms with Gasteiger partial charge in [0.2, 0.25) is 5.91 Å². The molecule has 1 heterocycles. The summed E-state index contributed by atoms with van der Waals surface area (Å²) in [4.78, 5) is 26.9. The molecular weight excluding hydrogens is 721 g/mol. The average molecular weight is 813 g/mol. The van der Waals surface area contributed by atoms with Gasteiger partial charge in [-0.1, -0.05) is 159 Å². The van der Waals surface area contributed by atoms with Crippen molar-refractivity contribution in [2.75, 3.05) is 19.7 Å². The van der Waals surface area contributed by atoms with Crippen LogP contribution in [-0.4, -0.2) is 65.1 Å². The van der Waals surface area contributed by atoms with Gasteiger partial charge in [0, 0.05) is 19.5 Å². The largest absolute Gasteiger partial charge is 0.446 e. The molecule has 3 N–H and O–H groups in total. The first-order valence-electron chi connectivity index (χ1n) is 24.6. The van der Waals surface area contributed by atoms with Crippen molar-refractivity contribution in [3.05, 3.63) is 48.6 Å². The van der Waals surface area contributed by atoms with Gasteiger partial charge in [0.15, 0.2) is 0 Å². The monoisotopic (exact) mass is 813 g/mol. The van der Waals surface area contributed by atoms with E-state index in [1.807, 2.05) is 0 Å². The molecule has 2 amide bonds. The van der Waals surface area contributed by atoms with Crippen LogP contribution < -0.4 is 5.32 Å². The van der Waals surface area contributed by atoms with Gasteiger partial charge in [-0.15, -0.1) is 0 Å². The van der Waals surface area contributed by atoms with Crippen molar-refractivity contribution >= 4 is 12.0 Å². The Hall–Kier alpha value is -2.38. The van der Waals surface area contributed by atoms with Gasteiger partial charge in [0.25, 0.3) is 0 Å². The van der Waals surface area contributed by atoms with Crippen molar-refractivity contribution in [1.82, 2.24) is 10.2 Å². The van der Waals surface area contributed by atoms with E-state index in [2.05, 4.69) is 67.8 Å². The molecule has 0 aromatic rings. The molecule has 336 valence electrons. The van der Waals surface area contributed by atoms with Gasteiger partial charge >= 0.3 is 6.09 Å². The zero-order valence-electron chi connectivity index (χ0n) is 37.9. The molecule has 7 heteroatoms. The van der Waals surface area contributed by atoms with Crippen molar-refractivity contribution in [2.45, 2.75) is 244 Å². The van der Waals surface area contributed by atoms with E-state index in [1.54, 1.807) is 4.90 Å². The first-order chi connectivity index (χ1) is 28.5. The van der Waals surface area contributed by atoms with Crippen LogP contribution in [0.5, 0.6) is 0 Å². The topological polar surface area (TPSA) is 99.1 Å². The maximum absolute atomic E-state index is 12.8. The Morgan fingerprint density at radius 1 is 0.603 bits per heavy atom. The fourth-order valence-corrected chi connectivity index (χ4v) is 7.81. The number of allylic oxidation sites excluding steroid dienone is 8. The van der Waals surface area contributed by atoms with Crippen LogP contribution in [0, 0.1) is 0 Å². The van der Waals surface area contributed by atoms with Crippen molar-refractivity contribution in [1.29, 1.82) is 0 Å². The van der Waals surface area contributed by atoms with Crippen molar-refractivity contribution in [2.24, 2.45) is 0 Å². The fraction of sp³-hybridized carbons (Fsp3) is 0.804. The van der Waals surface area contributed by atoms with Gasteiger partial charge in [-0.2, -0.15) is 0 Å². The number of rotatable bonds is 40. The highest BCUT2D eigenvalue weighted by atomic mass is 16.6. The maximum atomic E-state index is 12.8. The van der Waals surface area contributed by atoms with Crippen LogP contribution in [0.15, 0.2) is 48.6 Å². The number of aliphatic hydroxyl groups is 2. The number of ether oxygens (including phenoxy) is 1. The van der Waals surface area contributed by atoms with Gasteiger partial charge < -0.3 is 25.2 Å². The summed E-state index contributed by atoms with van der Waals surface area (Å²) in [5.74, 6) is -0.00893. The summed E-state index contributed by atoms with van der Waals surface area (Å²) < 4.78 is 5.97. The molecule has 58 heavy (non-hydrogen) atoms. The number of β-amino-alcohol motifs (C(OH)–C–C–N with tert-alkyl or cyclic N) is 1. The minimum atomic E-state index is -0.545. The Morgan fingerprint density at radius 2 is 1.03 bits per heavy atom. The number of aliphatic hydroxyl groups excluding tert-OH is 2. The normalized spacial score (nSPS) is 16.5. The number of nitrogens with one attached hydrogen (secondary N) is 1. The van der Waals surface area contributed by atoms with E-state index in [-0.39, 0.29) is 30.8 Å². The third-order valence-electron chi connectivity index (χ3n) is 11.5. The first-order valence-corrected chi connectivity index (χ1v) is 24.6. The molecule has 1 aliphatic heterocycles. The summed E-state index contributed by atoms with van der Waals surface area (Å²) in [7, 11) is 0. The summed E-state index contributed by atoms with van der Waals surface area (Å²) >= 11 is 0. The Kier molecular flexibility index (Phi) is 38.2. The lowest BCUT2D eigenvalue weighted by Gasteiger charge is -2.22. The predicted molar refractivity (Wildman–Crippen MR) is 247 cm³/mol. The molecule has 0 aliphatic carbocycles. The molecule has 0 spiro atoms. The van der Waals surface area contributed by atoms with Crippen LogP contribution in [0.25, 0.3) is 0 Å². The molecule has 7 nitrogen and oxygen atoms in total. The molecule has 1 aliphatic rings. The van der Waals surface area contributed by atoms with Crippen LogP contribution in [-0.2, 0) is 9.53 Å². The van der Waals surface area contributed by atoms with Gasteiger partial charge in [0.1, 0.15) is 6.10 Å². The third kappa shape index (κ3) is 33.5. The van der Waals surface area contributed by atoms with E-state index in [0.29, 0.717) is 25.9 Å². The lowest BCUT2D eigenvalue weighted by Crippen LogP contribution is -2.37. The molecule has 0 saturated carbocycles. The smallest absolute Gasteiger partial charge is 0.407 e. The van der Waals surface area contributed by atoms with E-state index in [4.69, 9.17) is 4.74 Å². The summed E-state index contributed by atoms with van der Waals surface area (Å²) in [5.41, 5.74) is 0. The standard InChI is InChI=1S/C51H92N2O5/c1-3-5-7-9-11-13-15-17-19-21-22-24-26-28-30-32-34-37-41-49(40-36-33-31-29-27-25-23-20-18-16-14-12-10-8-6-4-2)58-51(57)52-43-39-35-38-42-50(56)53-45-48(55)44-47(53)46-54/h11-14,17-20,47-49,54-55H,3-10,15-16,21-46H2,1-2H3,(H,52,57)/b13-11-,14-12-,19-17-,20-18-/t47-,48+,49?/m0/s1. The van der Waals surface area contributed by atoms with Crippen molar-refractivity contribution < 1.29 is 24.5 Å². The molecular formula is C51H92N2O5. The van der Waals surface area contributed by atoms with Crippen LogP contribution in [0.2, 0.25) is 0 Å². The number of carbonyl (C=O) groups excluding carboxylic acids is 2. The zero-order chi connectivity index (χ0) is 42.0. The van der Waals surface area contributed by atoms with E-state index in [0.717, 1.165) is 57.8 Å². The number of likely N-dealkylation sites (tertiary alicyclic amines) is 1. The number of amides is 2. The van der Waals surface area contributed by atoms with Crippen LogP contribution in [0.1, 0.15) is 226 Å². The summed E-state index contributed by atoms with van der Waals surface area (Å²) in [6.45, 7) is 5.25. The second-order valence-electron chi connectivity index (χ2n) is 17.0. The summed E-state index contributed by atoms with van der Waals surface area (Å²) in [6.07, 6.45) is 55.1. The lowest BCUT2D eigenvalue weighted by atomic mass is 10.0. The third-order valence-corrected chi connectivity index (χ3v) is 11.5. The molecule has 1 rings (SSSR count). The highest BCUT2D eigenvalue weighted by Gasteiger charge is 2.33. The lowest BCUT2D eigenvalue weighted by molar-refractivity contribution is -0.133. The molecule has 1 saturated heterocycles. The van der Waals surface area contributed by atoms with Gasteiger partial charge in [0.05, 0.1) is 18.8 Å². The van der Waals surface area contributed by atoms with E-state index >= 15 is 0 Å². The number of alkyl carbamates (subject to hydrolysis) is 1. The van der Waals surface area contributed by atoms with Crippen LogP contribution in [0.4, 0.5) is 4.79 Å². The number of nitrogens with zero attached hydrogens (tertiary/aromatic N) is 1. The molecule has 1 unspecified atom stereocenters. The zero-order valence-corrected chi connectivity index (χ0v) is 37.9. The second-order valence-corrected chi connectivity index (χ2v) is 17.0. The SMILES string of the molecule is CCCCC/C=C\C/C=C\CCCCCCCCCCC(CCCCCCCC/C=C\C/C=C\CCCCC)OC(=O)NCCCCCC(=O)N1C[C@H](O)C[C@H]1CO. The Morgan fingerprint density at radius 3 is 1.50 bits per heavy atom. The van der Waals surface area contributed by atoms with Crippen molar-refractivity contribution in [3.63, 3.8) is 0 Å². The Bertz CT molecular complexity index is 1060. The number of hydrogen-bond acceptors (Lipinski definition) is 5. The minimum absolute atomic E-state index is 0.00893. The Labute approximate surface area is 358 Å². The van der Waals surface area contributed by atoms with Crippen LogP contribution in [0.3, 0.4) is 0 Å². The van der Waals surface area contributed by atoms with Crippen molar-refractivity contribution in [3.8, 4) is 0 Å². The van der Waals surface area contributed by atoms with E-state index in [1.165, 1.54) is 141 Å². The Balaban J connectivity index is 2.25. The summed E-state index contributed by atoms with van der Waals surface area (Å²) in [5, 5.41) is 22.3. The molecule has 0 aromatic carbocycles. The first kappa shape index (κ1) is 53.6. The highest BCUT2D eigenvalue weighted by Crippen LogP contribution is 2.20. The molecule has 1 fully saturated rings. The predicted octanol–water partition coefficient (Wildman–Crippen LogP) is 13.8. The average Bonchev–Trinajstić information content (AvgIpc) is 3.61. The number of carbonyl (C=O) groups is 2. The molecule has 3 atom stereocenters. The molecule has 0 radical (unpaired) electrons. The quantitative estimate of drug-likeness (QED) is 0.0423.